The molecule has 0 bridgehead atoms. The van der Waals surface area contributed by atoms with Crippen molar-refractivity contribution in [3.63, 3.8) is 0 Å². The molecule has 0 aromatic carbocycles. The van der Waals surface area contributed by atoms with E-state index >= 15 is 0 Å². The van der Waals surface area contributed by atoms with Gasteiger partial charge in [0.2, 0.25) is 0 Å². The first-order valence-corrected chi connectivity index (χ1v) is 5.73. The lowest BCUT2D eigenvalue weighted by Crippen LogP contribution is -2.21. The molecular weight excluding hydrogens is 188 g/mol. The molecule has 1 fully saturated rings. The first kappa shape index (κ1) is 9.36. The predicted molar refractivity (Wildman–Crippen MR) is 58.4 cm³/mol. The molecule has 0 radical (unpaired) electrons. The summed E-state index contributed by atoms with van der Waals surface area (Å²) in [5, 5.41) is 7.98. The van der Waals surface area contributed by atoms with Crippen molar-refractivity contribution >= 4 is 0 Å². The van der Waals surface area contributed by atoms with E-state index in [1.54, 1.807) is 0 Å². The number of nitrogens with zero attached hydrogens (tertiary/aromatic N) is 3. The summed E-state index contributed by atoms with van der Waals surface area (Å²) in [6.45, 7) is 3.17. The molecular formula is C11H18N4. The normalized spacial score (nSPS) is 26.1. The van der Waals surface area contributed by atoms with E-state index in [1.165, 1.54) is 36.3 Å². The molecule has 3 heterocycles. The van der Waals surface area contributed by atoms with Gasteiger partial charge in [-0.15, -0.1) is 0 Å². The van der Waals surface area contributed by atoms with Gasteiger partial charge in [0, 0.05) is 25.7 Å². The van der Waals surface area contributed by atoms with Crippen molar-refractivity contribution < 1.29 is 0 Å². The largest absolute Gasteiger partial charge is 0.307 e. The second-order valence-corrected chi connectivity index (χ2v) is 4.68. The SMILES string of the molecule is CN1CCCC1c1c2c(nn1C)CNC2. The highest BCUT2D eigenvalue weighted by molar-refractivity contribution is 5.32. The van der Waals surface area contributed by atoms with Crippen molar-refractivity contribution in [2.24, 2.45) is 7.05 Å². The predicted octanol–water partition coefficient (Wildman–Crippen LogP) is 0.790. The molecule has 1 aromatic heterocycles. The minimum absolute atomic E-state index is 0.589. The molecule has 15 heavy (non-hydrogen) atoms. The number of aromatic nitrogens is 2. The standard InChI is InChI=1S/C11H18N4/c1-14-5-3-4-10(14)11-8-6-12-7-9(8)13-15(11)2/h10,12H,3-7H2,1-2H3. The van der Waals surface area contributed by atoms with E-state index in [9.17, 15) is 0 Å². The van der Waals surface area contributed by atoms with E-state index in [-0.39, 0.29) is 0 Å². The van der Waals surface area contributed by atoms with Gasteiger partial charge in [-0.2, -0.15) is 5.10 Å². The maximum atomic E-state index is 4.60. The molecule has 1 N–H and O–H groups in total. The molecule has 2 aliphatic rings. The minimum Gasteiger partial charge on any atom is -0.307 e. The van der Waals surface area contributed by atoms with Crippen LogP contribution in [-0.4, -0.2) is 28.3 Å². The summed E-state index contributed by atoms with van der Waals surface area (Å²) in [7, 11) is 4.30. The Balaban J connectivity index is 2.03. The summed E-state index contributed by atoms with van der Waals surface area (Å²) in [4.78, 5) is 2.45. The van der Waals surface area contributed by atoms with Gasteiger partial charge in [0.15, 0.2) is 0 Å². The van der Waals surface area contributed by atoms with E-state index in [2.05, 4.69) is 34.1 Å². The van der Waals surface area contributed by atoms with Gasteiger partial charge in [-0.1, -0.05) is 0 Å². The molecule has 0 amide bonds. The van der Waals surface area contributed by atoms with Crippen LogP contribution in [-0.2, 0) is 20.1 Å². The summed E-state index contributed by atoms with van der Waals surface area (Å²) in [6, 6.07) is 0.589. The second kappa shape index (κ2) is 3.32. The lowest BCUT2D eigenvalue weighted by molar-refractivity contribution is 0.302. The average Bonchev–Trinajstić information content (AvgIpc) is 2.82. The first-order chi connectivity index (χ1) is 7.27. The molecule has 2 aliphatic heterocycles. The van der Waals surface area contributed by atoms with Crippen LogP contribution < -0.4 is 5.32 Å². The highest BCUT2D eigenvalue weighted by Crippen LogP contribution is 2.34. The molecule has 4 nitrogen and oxygen atoms in total. The fraction of sp³-hybridized carbons (Fsp3) is 0.727. The van der Waals surface area contributed by atoms with Crippen LogP contribution in [0.3, 0.4) is 0 Å². The van der Waals surface area contributed by atoms with Gasteiger partial charge < -0.3 is 5.32 Å². The van der Waals surface area contributed by atoms with Gasteiger partial charge in [-0.3, -0.25) is 9.58 Å². The van der Waals surface area contributed by atoms with E-state index in [0.29, 0.717) is 6.04 Å². The lowest BCUT2D eigenvalue weighted by Gasteiger charge is -2.20. The van der Waals surface area contributed by atoms with Crippen LogP contribution in [0.4, 0.5) is 0 Å². The van der Waals surface area contributed by atoms with Gasteiger partial charge in [0.1, 0.15) is 0 Å². The third-order valence-electron chi connectivity index (χ3n) is 3.71. The Morgan fingerprint density at radius 2 is 2.20 bits per heavy atom. The molecule has 1 unspecified atom stereocenters. The van der Waals surface area contributed by atoms with Gasteiger partial charge in [0.05, 0.1) is 17.4 Å². The Hall–Kier alpha value is -0.870. The van der Waals surface area contributed by atoms with E-state index in [4.69, 9.17) is 0 Å². The quantitative estimate of drug-likeness (QED) is 0.737. The fourth-order valence-electron chi connectivity index (χ4n) is 2.95. The number of nitrogens with one attached hydrogen (secondary N) is 1. The number of fused-ring (bicyclic) bond motifs is 1. The Morgan fingerprint density at radius 1 is 1.33 bits per heavy atom. The monoisotopic (exact) mass is 206 g/mol. The van der Waals surface area contributed by atoms with Crippen molar-refractivity contribution in [3.05, 3.63) is 17.0 Å². The highest BCUT2D eigenvalue weighted by atomic mass is 15.3. The summed E-state index contributed by atoms with van der Waals surface area (Å²) in [5.74, 6) is 0. The second-order valence-electron chi connectivity index (χ2n) is 4.68. The smallest absolute Gasteiger partial charge is 0.0810 e. The summed E-state index contributed by atoms with van der Waals surface area (Å²) < 4.78 is 2.10. The molecule has 1 atom stereocenters. The molecule has 82 valence electrons. The Kier molecular flexibility index (Phi) is 2.07. The number of hydrogen-bond donors (Lipinski definition) is 1. The molecule has 0 spiro atoms. The van der Waals surface area contributed by atoms with Crippen molar-refractivity contribution in [1.82, 2.24) is 20.0 Å². The Labute approximate surface area is 90.3 Å². The van der Waals surface area contributed by atoms with Gasteiger partial charge >= 0.3 is 0 Å². The molecule has 0 saturated carbocycles. The Morgan fingerprint density at radius 3 is 2.93 bits per heavy atom. The minimum atomic E-state index is 0.589. The van der Waals surface area contributed by atoms with E-state index in [0.717, 1.165) is 13.1 Å². The van der Waals surface area contributed by atoms with Crippen molar-refractivity contribution in [1.29, 1.82) is 0 Å². The van der Waals surface area contributed by atoms with Gasteiger partial charge in [-0.05, 0) is 26.4 Å². The maximum Gasteiger partial charge on any atom is 0.0810 e. The molecule has 3 rings (SSSR count). The van der Waals surface area contributed by atoms with Crippen LogP contribution in [0.5, 0.6) is 0 Å². The average molecular weight is 206 g/mol. The van der Waals surface area contributed by atoms with Gasteiger partial charge in [-0.25, -0.2) is 0 Å². The van der Waals surface area contributed by atoms with Crippen LogP contribution in [0.2, 0.25) is 0 Å². The number of rotatable bonds is 1. The topological polar surface area (TPSA) is 33.1 Å². The van der Waals surface area contributed by atoms with Crippen LogP contribution in [0.1, 0.15) is 35.8 Å². The van der Waals surface area contributed by atoms with Crippen molar-refractivity contribution in [2.45, 2.75) is 32.0 Å². The fourth-order valence-corrected chi connectivity index (χ4v) is 2.95. The molecule has 1 saturated heterocycles. The first-order valence-electron chi connectivity index (χ1n) is 5.73. The third-order valence-corrected chi connectivity index (χ3v) is 3.71. The zero-order valence-corrected chi connectivity index (χ0v) is 9.45. The lowest BCUT2D eigenvalue weighted by atomic mass is 10.1. The number of hydrogen-bond acceptors (Lipinski definition) is 3. The zero-order valence-electron chi connectivity index (χ0n) is 9.45. The maximum absolute atomic E-state index is 4.60. The Bertz CT molecular complexity index is 382. The van der Waals surface area contributed by atoms with Crippen LogP contribution in [0.25, 0.3) is 0 Å². The summed E-state index contributed by atoms with van der Waals surface area (Å²) in [6.07, 6.45) is 2.59. The molecule has 4 heteroatoms. The van der Waals surface area contributed by atoms with E-state index < -0.39 is 0 Å². The van der Waals surface area contributed by atoms with E-state index in [1.807, 2.05) is 0 Å². The summed E-state index contributed by atoms with van der Waals surface area (Å²) in [5.41, 5.74) is 4.15. The third kappa shape index (κ3) is 1.32. The zero-order chi connectivity index (χ0) is 10.4. The highest BCUT2D eigenvalue weighted by Gasteiger charge is 2.30. The number of likely N-dealkylation sites (tertiary alicyclic amines) is 1. The summed E-state index contributed by atoms with van der Waals surface area (Å²) >= 11 is 0. The number of aryl methyl sites for hydroxylation is 1. The molecule has 1 aromatic rings. The van der Waals surface area contributed by atoms with Crippen molar-refractivity contribution in [3.8, 4) is 0 Å². The molecule has 0 aliphatic carbocycles. The van der Waals surface area contributed by atoms with Crippen molar-refractivity contribution in [2.75, 3.05) is 13.6 Å². The van der Waals surface area contributed by atoms with Crippen LogP contribution in [0.15, 0.2) is 0 Å². The van der Waals surface area contributed by atoms with Crippen LogP contribution >= 0.6 is 0 Å². The van der Waals surface area contributed by atoms with Crippen LogP contribution in [0, 0.1) is 0 Å². The van der Waals surface area contributed by atoms with Gasteiger partial charge in [0.25, 0.3) is 0 Å².